The molecule has 1 aliphatic rings. The largest absolute Gasteiger partial charge is 0.492 e. The van der Waals surface area contributed by atoms with Gasteiger partial charge in [0.2, 0.25) is 5.91 Å². The number of carbonyl (C=O) groups is 1. The Morgan fingerprint density at radius 2 is 1.97 bits per heavy atom. The fourth-order valence-corrected chi connectivity index (χ4v) is 4.15. The highest BCUT2D eigenvalue weighted by molar-refractivity contribution is 5.79. The number of amides is 1. The van der Waals surface area contributed by atoms with Gasteiger partial charge in [-0.2, -0.15) is 0 Å². The number of ether oxygens (including phenoxy) is 1. The summed E-state index contributed by atoms with van der Waals surface area (Å²) in [5.41, 5.74) is 3.20. The summed E-state index contributed by atoms with van der Waals surface area (Å²) in [5, 5.41) is 3.12. The van der Waals surface area contributed by atoms with E-state index in [1.54, 1.807) is 0 Å². The number of hydrogen-bond donors (Lipinski definition) is 1. The first-order valence-electron chi connectivity index (χ1n) is 10.6. The van der Waals surface area contributed by atoms with Crippen molar-refractivity contribution in [1.29, 1.82) is 0 Å². The molecule has 5 nitrogen and oxygen atoms in total. The number of fused-ring (bicyclic) bond motifs is 1. The molecule has 4 rings (SSSR count). The lowest BCUT2D eigenvalue weighted by Gasteiger charge is -2.20. The molecule has 1 saturated carbocycles. The molecule has 1 amide bonds. The second-order valence-corrected chi connectivity index (χ2v) is 7.89. The minimum absolute atomic E-state index is 0.159. The van der Waals surface area contributed by atoms with Gasteiger partial charge in [-0.05, 0) is 49.6 Å². The zero-order valence-electron chi connectivity index (χ0n) is 17.1. The van der Waals surface area contributed by atoms with E-state index in [1.807, 2.05) is 36.4 Å². The first-order valence-corrected chi connectivity index (χ1v) is 10.6. The van der Waals surface area contributed by atoms with Crippen LogP contribution in [-0.4, -0.2) is 22.1 Å². The lowest BCUT2D eigenvalue weighted by Crippen LogP contribution is -2.32. The summed E-state index contributed by atoms with van der Waals surface area (Å²) in [5.74, 6) is 2.08. The molecular formula is C24H29N3O2. The monoisotopic (exact) mass is 391 g/mol. The van der Waals surface area contributed by atoms with Gasteiger partial charge in [-0.3, -0.25) is 4.79 Å². The van der Waals surface area contributed by atoms with Crippen LogP contribution < -0.4 is 10.1 Å². The van der Waals surface area contributed by atoms with Crippen LogP contribution in [-0.2, 0) is 17.9 Å². The van der Waals surface area contributed by atoms with Crippen molar-refractivity contribution >= 4 is 16.9 Å². The lowest BCUT2D eigenvalue weighted by atomic mass is 9.89. The molecule has 0 radical (unpaired) electrons. The minimum Gasteiger partial charge on any atom is -0.492 e. The van der Waals surface area contributed by atoms with E-state index < -0.39 is 0 Å². The summed E-state index contributed by atoms with van der Waals surface area (Å²) in [6, 6.07) is 16.2. The van der Waals surface area contributed by atoms with Crippen molar-refractivity contribution in [1.82, 2.24) is 14.9 Å². The number of aromatic nitrogens is 2. The number of hydrogen-bond acceptors (Lipinski definition) is 3. The average Bonchev–Trinajstić information content (AvgIpc) is 3.10. The maximum Gasteiger partial charge on any atom is 0.223 e. The molecule has 1 fully saturated rings. The van der Waals surface area contributed by atoms with Crippen LogP contribution in [0.5, 0.6) is 5.75 Å². The highest BCUT2D eigenvalue weighted by Crippen LogP contribution is 2.24. The Labute approximate surface area is 172 Å². The number of carbonyl (C=O) groups excluding carboxylic acids is 1. The maximum atomic E-state index is 12.6. The fraction of sp³-hybridized carbons (Fsp3) is 0.417. The molecule has 1 heterocycles. The zero-order valence-corrected chi connectivity index (χ0v) is 17.1. The summed E-state index contributed by atoms with van der Waals surface area (Å²) in [6.07, 6.45) is 5.58. The highest BCUT2D eigenvalue weighted by Gasteiger charge is 2.21. The number of imidazole rings is 1. The Morgan fingerprint density at radius 1 is 1.14 bits per heavy atom. The van der Waals surface area contributed by atoms with Crippen LogP contribution in [0.4, 0.5) is 0 Å². The van der Waals surface area contributed by atoms with Crippen molar-refractivity contribution in [3.05, 3.63) is 59.9 Å². The van der Waals surface area contributed by atoms with Crippen LogP contribution in [0.2, 0.25) is 0 Å². The summed E-state index contributed by atoms with van der Waals surface area (Å²) in [4.78, 5) is 17.3. The van der Waals surface area contributed by atoms with Crippen molar-refractivity contribution in [3.63, 3.8) is 0 Å². The van der Waals surface area contributed by atoms with Gasteiger partial charge in [0.05, 0.1) is 24.1 Å². The van der Waals surface area contributed by atoms with Gasteiger partial charge < -0.3 is 14.6 Å². The van der Waals surface area contributed by atoms with Crippen molar-refractivity contribution < 1.29 is 9.53 Å². The zero-order chi connectivity index (χ0) is 20.1. The number of nitrogens with zero attached hydrogens (tertiary/aromatic N) is 2. The SMILES string of the molecule is Cc1cccc(OCCn2c(CNC(=O)C3CCCCC3)nc3ccccc32)c1. The van der Waals surface area contributed by atoms with Gasteiger partial charge in [-0.1, -0.05) is 43.5 Å². The van der Waals surface area contributed by atoms with Crippen molar-refractivity contribution in [3.8, 4) is 5.75 Å². The third-order valence-corrected chi connectivity index (χ3v) is 5.70. The Balaban J connectivity index is 1.44. The molecule has 0 atom stereocenters. The van der Waals surface area contributed by atoms with Gasteiger partial charge in [0.15, 0.2) is 0 Å². The Morgan fingerprint density at radius 3 is 2.79 bits per heavy atom. The molecule has 0 unspecified atom stereocenters. The van der Waals surface area contributed by atoms with E-state index in [4.69, 9.17) is 9.72 Å². The van der Waals surface area contributed by atoms with Crippen LogP contribution in [0.15, 0.2) is 48.5 Å². The molecule has 5 heteroatoms. The Kier molecular flexibility index (Phi) is 6.13. The van der Waals surface area contributed by atoms with Crippen LogP contribution >= 0.6 is 0 Å². The van der Waals surface area contributed by atoms with E-state index in [9.17, 15) is 4.79 Å². The molecule has 0 aliphatic heterocycles. The van der Waals surface area contributed by atoms with E-state index in [-0.39, 0.29) is 11.8 Å². The van der Waals surface area contributed by atoms with Gasteiger partial charge in [-0.25, -0.2) is 4.98 Å². The number of rotatable bonds is 7. The van der Waals surface area contributed by atoms with E-state index >= 15 is 0 Å². The van der Waals surface area contributed by atoms with Crippen LogP contribution in [0.1, 0.15) is 43.5 Å². The smallest absolute Gasteiger partial charge is 0.223 e. The van der Waals surface area contributed by atoms with Crippen molar-refractivity contribution in [2.45, 2.75) is 52.1 Å². The minimum atomic E-state index is 0.159. The topological polar surface area (TPSA) is 56.1 Å². The van der Waals surface area contributed by atoms with Crippen LogP contribution in [0.25, 0.3) is 11.0 Å². The van der Waals surface area contributed by atoms with Gasteiger partial charge in [0.25, 0.3) is 0 Å². The second-order valence-electron chi connectivity index (χ2n) is 7.89. The molecule has 1 aromatic heterocycles. The standard InChI is InChI=1S/C24H29N3O2/c1-18-8-7-11-20(16-18)29-15-14-27-22-13-6-5-12-21(22)26-23(27)17-25-24(28)19-9-3-2-4-10-19/h5-8,11-13,16,19H,2-4,9-10,14-15,17H2,1H3,(H,25,28). The van der Waals surface area contributed by atoms with Crippen LogP contribution in [0, 0.1) is 12.8 Å². The van der Waals surface area contributed by atoms with E-state index in [0.29, 0.717) is 19.7 Å². The average molecular weight is 392 g/mol. The molecule has 152 valence electrons. The van der Waals surface area contributed by atoms with E-state index in [2.05, 4.69) is 28.9 Å². The van der Waals surface area contributed by atoms with Gasteiger partial charge in [-0.15, -0.1) is 0 Å². The van der Waals surface area contributed by atoms with Gasteiger partial charge >= 0.3 is 0 Å². The molecule has 0 spiro atoms. The van der Waals surface area contributed by atoms with E-state index in [1.165, 1.54) is 12.0 Å². The number of nitrogens with one attached hydrogen (secondary N) is 1. The van der Waals surface area contributed by atoms with Crippen molar-refractivity contribution in [2.75, 3.05) is 6.61 Å². The highest BCUT2D eigenvalue weighted by atomic mass is 16.5. The molecule has 2 aromatic carbocycles. The molecule has 0 bridgehead atoms. The molecular weight excluding hydrogens is 362 g/mol. The molecule has 1 aliphatic carbocycles. The quantitative estimate of drug-likeness (QED) is 0.639. The normalized spacial score (nSPS) is 14.8. The molecule has 3 aromatic rings. The number of benzene rings is 2. The Hall–Kier alpha value is -2.82. The summed E-state index contributed by atoms with van der Waals surface area (Å²) in [6.45, 7) is 3.74. The van der Waals surface area contributed by atoms with Crippen LogP contribution in [0.3, 0.4) is 0 Å². The molecule has 29 heavy (non-hydrogen) atoms. The third kappa shape index (κ3) is 4.78. The maximum absolute atomic E-state index is 12.6. The molecule has 0 saturated heterocycles. The predicted molar refractivity (Wildman–Crippen MR) is 115 cm³/mol. The summed E-state index contributed by atoms with van der Waals surface area (Å²) < 4.78 is 8.11. The van der Waals surface area contributed by atoms with Gasteiger partial charge in [0.1, 0.15) is 18.2 Å². The third-order valence-electron chi connectivity index (χ3n) is 5.70. The Bertz CT molecular complexity index is 973. The van der Waals surface area contributed by atoms with E-state index in [0.717, 1.165) is 48.3 Å². The summed E-state index contributed by atoms with van der Waals surface area (Å²) >= 11 is 0. The number of aryl methyl sites for hydroxylation is 1. The van der Waals surface area contributed by atoms with Crippen molar-refractivity contribution in [2.24, 2.45) is 5.92 Å². The van der Waals surface area contributed by atoms with Gasteiger partial charge in [0, 0.05) is 5.92 Å². The first-order chi connectivity index (χ1) is 14.2. The molecule has 1 N–H and O–H groups in total. The second kappa shape index (κ2) is 9.12. The number of para-hydroxylation sites is 2. The first kappa shape index (κ1) is 19.5. The fourth-order valence-electron chi connectivity index (χ4n) is 4.15. The lowest BCUT2D eigenvalue weighted by molar-refractivity contribution is -0.126. The summed E-state index contributed by atoms with van der Waals surface area (Å²) in [7, 11) is 0. The predicted octanol–water partition coefficient (Wildman–Crippen LogP) is 4.62.